The Morgan fingerprint density at radius 1 is 1.39 bits per heavy atom. The number of nitrogens with one attached hydrogen (secondary N) is 1. The van der Waals surface area contributed by atoms with Crippen LogP contribution in [0.5, 0.6) is 0 Å². The Bertz CT molecular complexity index is 371. The summed E-state index contributed by atoms with van der Waals surface area (Å²) in [5, 5.41) is 8.13. The summed E-state index contributed by atoms with van der Waals surface area (Å²) in [5.74, 6) is 0. The van der Waals surface area contributed by atoms with Crippen molar-refractivity contribution in [1.82, 2.24) is 15.1 Å². The van der Waals surface area contributed by atoms with Crippen molar-refractivity contribution < 1.29 is 0 Å². The lowest BCUT2D eigenvalue weighted by atomic mass is 9.80. The third kappa shape index (κ3) is 3.35. The van der Waals surface area contributed by atoms with Gasteiger partial charge in [-0.25, -0.2) is 0 Å². The third-order valence-electron chi connectivity index (χ3n) is 3.70. The predicted molar refractivity (Wildman–Crippen MR) is 80.7 cm³/mol. The molecule has 0 amide bonds. The molecule has 1 rings (SSSR count). The van der Waals surface area contributed by atoms with E-state index in [1.807, 2.05) is 6.20 Å². The van der Waals surface area contributed by atoms with Gasteiger partial charge in [-0.3, -0.25) is 4.68 Å². The van der Waals surface area contributed by atoms with Gasteiger partial charge in [-0.15, -0.1) is 0 Å². The molecule has 4 heteroatoms. The van der Waals surface area contributed by atoms with Crippen LogP contribution in [0.15, 0.2) is 10.7 Å². The van der Waals surface area contributed by atoms with Gasteiger partial charge in [0.05, 0.1) is 22.4 Å². The van der Waals surface area contributed by atoms with Crippen LogP contribution >= 0.6 is 15.9 Å². The molecule has 0 aromatic carbocycles. The normalized spacial score (nSPS) is 13.9. The highest BCUT2D eigenvalue weighted by atomic mass is 79.9. The second-order valence-electron chi connectivity index (χ2n) is 5.42. The summed E-state index contributed by atoms with van der Waals surface area (Å²) in [6, 6.07) is 0.333. The molecule has 1 unspecified atom stereocenters. The molecule has 0 fully saturated rings. The lowest BCUT2D eigenvalue weighted by Gasteiger charge is -2.35. The maximum Gasteiger partial charge on any atom is 0.0701 e. The van der Waals surface area contributed by atoms with E-state index in [1.165, 1.54) is 5.69 Å². The molecule has 1 aromatic heterocycles. The van der Waals surface area contributed by atoms with Crippen molar-refractivity contribution in [1.29, 1.82) is 0 Å². The summed E-state index contributed by atoms with van der Waals surface area (Å²) in [6.45, 7) is 13.2. The summed E-state index contributed by atoms with van der Waals surface area (Å²) in [4.78, 5) is 0. The molecule has 18 heavy (non-hydrogen) atoms. The Balaban J connectivity index is 3.12. The van der Waals surface area contributed by atoms with Crippen LogP contribution in [0, 0.1) is 5.41 Å². The van der Waals surface area contributed by atoms with Gasteiger partial charge in [-0.1, -0.05) is 27.7 Å². The lowest BCUT2D eigenvalue weighted by molar-refractivity contribution is 0.223. The van der Waals surface area contributed by atoms with Gasteiger partial charge < -0.3 is 5.32 Å². The quantitative estimate of drug-likeness (QED) is 0.819. The number of nitrogens with zero attached hydrogens (tertiary/aromatic N) is 2. The standard InChI is InChI=1S/C14H26BrN3/c1-6-9-16-13(14(4,5)7-2)12-11(15)10-17-18(12)8-3/h10,13,16H,6-9H2,1-5H3. The highest BCUT2D eigenvalue weighted by molar-refractivity contribution is 9.10. The molecule has 0 saturated carbocycles. The Kier molecular flexibility index (Phi) is 5.86. The summed E-state index contributed by atoms with van der Waals surface area (Å²) < 4.78 is 3.20. The molecule has 0 spiro atoms. The minimum absolute atomic E-state index is 0.213. The molecule has 3 nitrogen and oxygen atoms in total. The maximum absolute atomic E-state index is 4.44. The first-order valence-corrected chi connectivity index (χ1v) is 7.71. The van der Waals surface area contributed by atoms with Gasteiger partial charge in [-0.05, 0) is 47.7 Å². The molecular formula is C14H26BrN3. The van der Waals surface area contributed by atoms with E-state index in [-0.39, 0.29) is 5.41 Å². The van der Waals surface area contributed by atoms with Crippen molar-refractivity contribution in [2.24, 2.45) is 5.41 Å². The Labute approximate surface area is 119 Å². The molecule has 0 aliphatic carbocycles. The summed E-state index contributed by atoms with van der Waals surface area (Å²) in [5.41, 5.74) is 1.49. The average molecular weight is 316 g/mol. The van der Waals surface area contributed by atoms with E-state index in [1.54, 1.807) is 0 Å². The van der Waals surface area contributed by atoms with E-state index in [4.69, 9.17) is 0 Å². The fourth-order valence-corrected chi connectivity index (χ4v) is 2.67. The summed E-state index contributed by atoms with van der Waals surface area (Å²) >= 11 is 3.65. The van der Waals surface area contributed by atoms with Crippen LogP contribution in [0.3, 0.4) is 0 Å². The van der Waals surface area contributed by atoms with E-state index >= 15 is 0 Å². The lowest BCUT2D eigenvalue weighted by Crippen LogP contribution is -2.36. The number of aryl methyl sites for hydroxylation is 1. The molecule has 0 bridgehead atoms. The van der Waals surface area contributed by atoms with Gasteiger partial charge in [0.1, 0.15) is 0 Å². The smallest absolute Gasteiger partial charge is 0.0701 e. The number of aromatic nitrogens is 2. The van der Waals surface area contributed by atoms with Gasteiger partial charge in [0, 0.05) is 6.54 Å². The van der Waals surface area contributed by atoms with Crippen molar-refractivity contribution in [3.63, 3.8) is 0 Å². The SMILES string of the molecule is CCCNC(c1c(Br)cnn1CC)C(C)(C)CC. The van der Waals surface area contributed by atoms with Gasteiger partial charge in [0.15, 0.2) is 0 Å². The number of halogens is 1. The molecule has 0 aliphatic heterocycles. The van der Waals surface area contributed by atoms with Crippen molar-refractivity contribution in [2.45, 2.75) is 60.0 Å². The predicted octanol–water partition coefficient (Wildman–Crippen LogP) is 4.14. The summed E-state index contributed by atoms with van der Waals surface area (Å²) in [6.07, 6.45) is 4.19. The highest BCUT2D eigenvalue weighted by Crippen LogP contribution is 2.39. The van der Waals surface area contributed by atoms with Crippen LogP contribution in [-0.4, -0.2) is 16.3 Å². The topological polar surface area (TPSA) is 29.9 Å². The van der Waals surface area contributed by atoms with Crippen molar-refractivity contribution >= 4 is 15.9 Å². The van der Waals surface area contributed by atoms with E-state index in [9.17, 15) is 0 Å². The van der Waals surface area contributed by atoms with E-state index in [0.717, 1.165) is 30.4 Å². The van der Waals surface area contributed by atoms with Gasteiger partial charge in [-0.2, -0.15) is 5.10 Å². The minimum atomic E-state index is 0.213. The zero-order valence-electron chi connectivity index (χ0n) is 12.3. The highest BCUT2D eigenvalue weighted by Gasteiger charge is 2.32. The van der Waals surface area contributed by atoms with Crippen molar-refractivity contribution in [2.75, 3.05) is 6.54 Å². The van der Waals surface area contributed by atoms with Gasteiger partial charge in [0.2, 0.25) is 0 Å². The van der Waals surface area contributed by atoms with Crippen molar-refractivity contribution in [3.05, 3.63) is 16.4 Å². The molecule has 0 aliphatic rings. The molecule has 104 valence electrons. The number of hydrogen-bond donors (Lipinski definition) is 1. The van der Waals surface area contributed by atoms with Gasteiger partial charge in [0.25, 0.3) is 0 Å². The van der Waals surface area contributed by atoms with E-state index in [2.05, 4.69) is 65.6 Å². The second kappa shape index (κ2) is 6.71. The van der Waals surface area contributed by atoms with Crippen LogP contribution in [0.2, 0.25) is 0 Å². The molecule has 0 saturated heterocycles. The van der Waals surface area contributed by atoms with E-state index in [0.29, 0.717) is 6.04 Å². The monoisotopic (exact) mass is 315 g/mol. The summed E-state index contributed by atoms with van der Waals surface area (Å²) in [7, 11) is 0. The van der Waals surface area contributed by atoms with E-state index < -0.39 is 0 Å². The molecular weight excluding hydrogens is 290 g/mol. The van der Waals surface area contributed by atoms with Gasteiger partial charge >= 0.3 is 0 Å². The zero-order valence-corrected chi connectivity index (χ0v) is 13.8. The number of rotatable bonds is 7. The van der Waals surface area contributed by atoms with Crippen LogP contribution < -0.4 is 5.32 Å². The van der Waals surface area contributed by atoms with Crippen LogP contribution in [0.4, 0.5) is 0 Å². The Hall–Kier alpha value is -0.350. The molecule has 0 radical (unpaired) electrons. The molecule has 1 aromatic rings. The largest absolute Gasteiger partial charge is 0.308 e. The first-order chi connectivity index (χ1) is 8.47. The first-order valence-electron chi connectivity index (χ1n) is 6.92. The maximum atomic E-state index is 4.44. The Morgan fingerprint density at radius 3 is 2.56 bits per heavy atom. The molecule has 1 N–H and O–H groups in total. The van der Waals surface area contributed by atoms with Crippen LogP contribution in [0.1, 0.15) is 59.2 Å². The van der Waals surface area contributed by atoms with Crippen LogP contribution in [-0.2, 0) is 6.54 Å². The van der Waals surface area contributed by atoms with Crippen molar-refractivity contribution in [3.8, 4) is 0 Å². The fourth-order valence-electron chi connectivity index (χ4n) is 2.15. The fraction of sp³-hybridized carbons (Fsp3) is 0.786. The van der Waals surface area contributed by atoms with Crippen LogP contribution in [0.25, 0.3) is 0 Å². The first kappa shape index (κ1) is 15.7. The second-order valence-corrected chi connectivity index (χ2v) is 6.28. The molecule has 1 heterocycles. The Morgan fingerprint density at radius 2 is 2.06 bits per heavy atom. The minimum Gasteiger partial charge on any atom is -0.308 e. The average Bonchev–Trinajstić information content (AvgIpc) is 2.71. The third-order valence-corrected chi connectivity index (χ3v) is 4.31. The number of hydrogen-bond acceptors (Lipinski definition) is 2. The zero-order chi connectivity index (χ0) is 13.8. The molecule has 1 atom stereocenters.